The monoisotopic (exact) mass is 514 g/mol. The van der Waals surface area contributed by atoms with E-state index in [1.165, 1.54) is 5.56 Å². The summed E-state index contributed by atoms with van der Waals surface area (Å²) >= 11 is 0. The molecule has 1 aromatic rings. The van der Waals surface area contributed by atoms with Crippen LogP contribution in [0, 0.1) is 23.7 Å². The normalized spacial score (nSPS) is 24.2. The van der Waals surface area contributed by atoms with Gasteiger partial charge in [0.25, 0.3) is 0 Å². The summed E-state index contributed by atoms with van der Waals surface area (Å²) < 4.78 is 12.8. The van der Waals surface area contributed by atoms with Crippen molar-refractivity contribution in [3.63, 3.8) is 0 Å². The second-order valence-electron chi connectivity index (χ2n) is 13.1. The lowest BCUT2D eigenvalue weighted by atomic mass is 9.64. The van der Waals surface area contributed by atoms with Gasteiger partial charge in [-0.2, -0.15) is 0 Å². The van der Waals surface area contributed by atoms with Gasteiger partial charge in [0.2, 0.25) is 0 Å². The third-order valence-corrected chi connectivity index (χ3v) is 13.3. The summed E-state index contributed by atoms with van der Waals surface area (Å²) in [6.07, 6.45) is 7.06. The van der Waals surface area contributed by atoms with E-state index >= 15 is 0 Å². The highest BCUT2D eigenvalue weighted by Gasteiger charge is 2.43. The SMILES string of the molecule is C[C@@H]1CC[C@@H](C(C)(C)c2ccccc2)[C@H](OC(=O)/C=C/[C@@H](C)[C@@H](O[Si](C)(C)C(C)(C)C)[C@@H](C)C=O)C1. The summed E-state index contributed by atoms with van der Waals surface area (Å²) in [5.74, 6) is 0.137. The van der Waals surface area contributed by atoms with E-state index < -0.39 is 8.32 Å². The third kappa shape index (κ3) is 7.64. The lowest BCUT2D eigenvalue weighted by Crippen LogP contribution is -2.47. The zero-order valence-corrected chi connectivity index (χ0v) is 25.3. The summed E-state index contributed by atoms with van der Waals surface area (Å²) in [5.41, 5.74) is 1.19. The number of carbonyl (C=O) groups excluding carboxylic acids is 2. The van der Waals surface area contributed by atoms with Gasteiger partial charge in [-0.05, 0) is 47.9 Å². The van der Waals surface area contributed by atoms with Crippen LogP contribution in [0.2, 0.25) is 18.1 Å². The first-order chi connectivity index (χ1) is 16.6. The number of carbonyl (C=O) groups is 2. The van der Waals surface area contributed by atoms with E-state index in [1.807, 2.05) is 26.0 Å². The number of hydrogen-bond donors (Lipinski definition) is 0. The predicted molar refractivity (Wildman–Crippen MR) is 151 cm³/mol. The molecular weight excluding hydrogens is 464 g/mol. The zero-order valence-electron chi connectivity index (χ0n) is 24.3. The Balaban J connectivity index is 2.16. The van der Waals surface area contributed by atoms with Gasteiger partial charge in [0.05, 0.1) is 6.10 Å². The molecule has 0 saturated heterocycles. The van der Waals surface area contributed by atoms with E-state index in [-0.39, 0.29) is 46.4 Å². The van der Waals surface area contributed by atoms with Gasteiger partial charge in [0.15, 0.2) is 8.32 Å². The second-order valence-corrected chi connectivity index (χ2v) is 17.9. The molecule has 6 atom stereocenters. The minimum Gasteiger partial charge on any atom is -0.459 e. The molecule has 0 radical (unpaired) electrons. The average molecular weight is 515 g/mol. The zero-order chi connectivity index (χ0) is 27.3. The van der Waals surface area contributed by atoms with Crippen molar-refractivity contribution in [3.8, 4) is 0 Å². The Labute approximate surface area is 221 Å². The minimum atomic E-state index is -2.08. The van der Waals surface area contributed by atoms with Crippen LogP contribution in [-0.4, -0.2) is 32.8 Å². The number of benzene rings is 1. The maximum atomic E-state index is 13.0. The molecule has 0 aliphatic heterocycles. The van der Waals surface area contributed by atoms with E-state index in [0.29, 0.717) is 5.92 Å². The number of ether oxygens (including phenoxy) is 1. The van der Waals surface area contributed by atoms with Crippen molar-refractivity contribution in [1.82, 2.24) is 0 Å². The predicted octanol–water partition coefficient (Wildman–Crippen LogP) is 7.73. The van der Waals surface area contributed by atoms with Gasteiger partial charge in [0.1, 0.15) is 12.4 Å². The molecule has 1 aliphatic rings. The van der Waals surface area contributed by atoms with Gasteiger partial charge in [0, 0.05) is 23.8 Å². The van der Waals surface area contributed by atoms with Gasteiger partial charge in [-0.25, -0.2) is 4.79 Å². The fourth-order valence-corrected chi connectivity index (χ4v) is 6.65. The smallest absolute Gasteiger partial charge is 0.330 e. The molecule has 0 heterocycles. The van der Waals surface area contributed by atoms with Crippen LogP contribution < -0.4 is 0 Å². The fourth-order valence-electron chi connectivity index (χ4n) is 5.18. The topological polar surface area (TPSA) is 52.6 Å². The van der Waals surface area contributed by atoms with Crippen molar-refractivity contribution in [2.75, 3.05) is 0 Å². The van der Waals surface area contributed by atoms with Crippen LogP contribution in [0.25, 0.3) is 0 Å². The van der Waals surface area contributed by atoms with E-state index in [2.05, 4.69) is 78.9 Å². The van der Waals surface area contributed by atoms with Crippen molar-refractivity contribution >= 4 is 20.6 Å². The number of hydrogen-bond acceptors (Lipinski definition) is 4. The maximum Gasteiger partial charge on any atom is 0.330 e. The highest BCUT2D eigenvalue weighted by atomic mass is 28.4. The second kappa shape index (κ2) is 12.2. The Kier molecular flexibility index (Phi) is 10.3. The van der Waals surface area contributed by atoms with Crippen LogP contribution in [0.1, 0.15) is 80.2 Å². The van der Waals surface area contributed by atoms with Gasteiger partial charge >= 0.3 is 5.97 Å². The maximum absolute atomic E-state index is 13.0. The van der Waals surface area contributed by atoms with Crippen LogP contribution in [-0.2, 0) is 24.2 Å². The lowest BCUT2D eigenvalue weighted by molar-refractivity contribution is -0.150. The molecule has 5 heteroatoms. The summed E-state index contributed by atoms with van der Waals surface area (Å²) in [5, 5.41) is 0.0362. The molecule has 0 bridgehead atoms. The number of rotatable bonds is 10. The van der Waals surface area contributed by atoms with Crippen molar-refractivity contribution in [1.29, 1.82) is 0 Å². The molecule has 1 aliphatic carbocycles. The molecule has 36 heavy (non-hydrogen) atoms. The number of aldehydes is 1. The van der Waals surface area contributed by atoms with Crippen LogP contribution in [0.4, 0.5) is 0 Å². The van der Waals surface area contributed by atoms with E-state index in [9.17, 15) is 9.59 Å². The molecule has 202 valence electrons. The average Bonchev–Trinajstić information content (AvgIpc) is 2.80. The highest BCUT2D eigenvalue weighted by Crippen LogP contribution is 2.44. The highest BCUT2D eigenvalue weighted by molar-refractivity contribution is 6.74. The summed E-state index contributed by atoms with van der Waals surface area (Å²) in [7, 11) is -2.08. The van der Waals surface area contributed by atoms with E-state index in [0.717, 1.165) is 25.5 Å². The largest absolute Gasteiger partial charge is 0.459 e. The quantitative estimate of drug-likeness (QED) is 0.139. The molecule has 1 fully saturated rings. The Hall–Kier alpha value is -1.72. The molecular formula is C31H50O4Si. The molecule has 1 aromatic carbocycles. The molecule has 4 nitrogen and oxygen atoms in total. The Morgan fingerprint density at radius 2 is 1.64 bits per heavy atom. The van der Waals surface area contributed by atoms with Crippen molar-refractivity contribution in [2.45, 2.75) is 110 Å². The molecule has 0 unspecified atom stereocenters. The molecule has 0 amide bonds. The van der Waals surface area contributed by atoms with E-state index in [1.54, 1.807) is 6.08 Å². The first-order valence-corrected chi connectivity index (χ1v) is 16.6. The molecule has 0 aromatic heterocycles. The third-order valence-electron chi connectivity index (χ3n) is 8.79. The first kappa shape index (κ1) is 30.5. The fraction of sp³-hybridized carbons (Fsp3) is 0.677. The van der Waals surface area contributed by atoms with Gasteiger partial charge in [-0.3, -0.25) is 0 Å². The van der Waals surface area contributed by atoms with Gasteiger partial charge < -0.3 is 14.0 Å². The Bertz CT molecular complexity index is 884. The Morgan fingerprint density at radius 3 is 2.19 bits per heavy atom. The van der Waals surface area contributed by atoms with Crippen molar-refractivity contribution < 1.29 is 18.8 Å². The molecule has 1 saturated carbocycles. The standard InChI is InChI=1S/C31H50O4Si/c1-22-16-18-26(31(7,8)25-14-12-11-13-15-25)27(20-22)34-28(33)19-17-23(2)29(24(3)21-32)35-36(9,10)30(4,5)6/h11-15,17,19,21-24,26-27,29H,16,18,20H2,1-10H3/b19-17+/t22-,23-,24+,26-,27-,29-/m1/s1. The Morgan fingerprint density at radius 1 is 1.03 bits per heavy atom. The van der Waals surface area contributed by atoms with Gasteiger partial charge in [-0.15, -0.1) is 0 Å². The van der Waals surface area contributed by atoms with Crippen molar-refractivity contribution in [2.24, 2.45) is 23.7 Å². The van der Waals surface area contributed by atoms with Crippen LogP contribution in [0.3, 0.4) is 0 Å². The van der Waals surface area contributed by atoms with Crippen LogP contribution in [0.15, 0.2) is 42.5 Å². The van der Waals surface area contributed by atoms with Gasteiger partial charge in [-0.1, -0.05) is 98.2 Å². The van der Waals surface area contributed by atoms with Crippen LogP contribution in [0.5, 0.6) is 0 Å². The first-order valence-electron chi connectivity index (χ1n) is 13.7. The molecule has 2 rings (SSSR count). The molecule has 0 spiro atoms. The minimum absolute atomic E-state index is 0.0362. The lowest BCUT2D eigenvalue weighted by Gasteiger charge is -2.43. The molecule has 0 N–H and O–H groups in total. The summed E-state index contributed by atoms with van der Waals surface area (Å²) in [6.45, 7) is 21.7. The van der Waals surface area contributed by atoms with E-state index in [4.69, 9.17) is 9.16 Å². The summed E-state index contributed by atoms with van der Waals surface area (Å²) in [6, 6.07) is 10.6. The summed E-state index contributed by atoms with van der Waals surface area (Å²) in [4.78, 5) is 24.7. The number of esters is 1. The van der Waals surface area contributed by atoms with Crippen LogP contribution >= 0.6 is 0 Å². The van der Waals surface area contributed by atoms with Crippen molar-refractivity contribution in [3.05, 3.63) is 48.0 Å².